The molecule has 3 unspecified atom stereocenters. The Kier molecular flexibility index (Phi) is 5.03. The first-order chi connectivity index (χ1) is 11.2. The summed E-state index contributed by atoms with van der Waals surface area (Å²) in [4.78, 5) is 45.0. The number of rotatable bonds is 6. The predicted molar refractivity (Wildman–Crippen MR) is 84.5 cm³/mol. The fourth-order valence-electron chi connectivity index (χ4n) is 3.02. The first-order valence-corrected chi connectivity index (χ1v) is 7.80. The van der Waals surface area contributed by atoms with Crippen LogP contribution in [0, 0.1) is 22.0 Å². The molecule has 2 rings (SSSR count). The zero-order valence-corrected chi connectivity index (χ0v) is 13.9. The SMILES string of the molecule is CC(=O)CC(=O)OC(=O)C1C(CCl)C1(C)c1cccc([N+](=O)[O-])c1. The molecule has 1 saturated carbocycles. The Morgan fingerprint density at radius 1 is 1.38 bits per heavy atom. The second kappa shape index (κ2) is 6.68. The molecule has 0 saturated heterocycles. The molecule has 24 heavy (non-hydrogen) atoms. The standard InChI is InChI=1S/C16H16ClNO6/c1-9(19)6-13(20)24-15(21)14-12(8-17)16(14,2)10-4-3-5-11(7-10)18(22)23/h3-5,7,12,14H,6,8H2,1-2H3. The van der Waals surface area contributed by atoms with Gasteiger partial charge in [0, 0.05) is 23.4 Å². The summed E-state index contributed by atoms with van der Waals surface area (Å²) >= 11 is 5.91. The van der Waals surface area contributed by atoms with Crippen molar-refractivity contribution in [3.63, 3.8) is 0 Å². The van der Waals surface area contributed by atoms with Crippen molar-refractivity contribution < 1.29 is 24.0 Å². The minimum Gasteiger partial charge on any atom is -0.393 e. The van der Waals surface area contributed by atoms with E-state index in [1.165, 1.54) is 25.1 Å². The minimum absolute atomic E-state index is 0.0891. The average molecular weight is 354 g/mol. The summed E-state index contributed by atoms with van der Waals surface area (Å²) < 4.78 is 4.72. The van der Waals surface area contributed by atoms with Crippen molar-refractivity contribution >= 4 is 35.0 Å². The molecule has 0 radical (unpaired) electrons. The van der Waals surface area contributed by atoms with Crippen LogP contribution in [-0.2, 0) is 24.5 Å². The molecule has 3 atom stereocenters. The van der Waals surface area contributed by atoms with E-state index in [4.69, 9.17) is 16.3 Å². The number of nitrogens with zero attached hydrogens (tertiary/aromatic N) is 1. The van der Waals surface area contributed by atoms with Crippen LogP contribution in [0.5, 0.6) is 0 Å². The average Bonchev–Trinajstić information content (AvgIpc) is 3.13. The van der Waals surface area contributed by atoms with Gasteiger partial charge in [0.1, 0.15) is 12.2 Å². The number of ketones is 1. The number of carbonyl (C=O) groups is 3. The van der Waals surface area contributed by atoms with E-state index in [-0.39, 0.29) is 17.5 Å². The number of halogens is 1. The summed E-state index contributed by atoms with van der Waals surface area (Å²) in [5, 5.41) is 10.9. The van der Waals surface area contributed by atoms with E-state index in [2.05, 4.69) is 0 Å². The van der Waals surface area contributed by atoms with Crippen molar-refractivity contribution in [2.75, 3.05) is 5.88 Å². The first-order valence-electron chi connectivity index (χ1n) is 7.26. The van der Waals surface area contributed by atoms with Crippen molar-refractivity contribution in [1.29, 1.82) is 0 Å². The van der Waals surface area contributed by atoms with Gasteiger partial charge in [-0.15, -0.1) is 11.6 Å². The third-order valence-electron chi connectivity index (χ3n) is 4.42. The van der Waals surface area contributed by atoms with Gasteiger partial charge in [-0.05, 0) is 18.4 Å². The zero-order chi connectivity index (χ0) is 18.1. The van der Waals surface area contributed by atoms with Crippen LogP contribution in [0.3, 0.4) is 0 Å². The van der Waals surface area contributed by atoms with E-state index in [1.54, 1.807) is 13.0 Å². The van der Waals surface area contributed by atoms with Gasteiger partial charge < -0.3 is 4.74 Å². The summed E-state index contributed by atoms with van der Waals surface area (Å²) in [5.41, 5.74) is -0.251. The maximum Gasteiger partial charge on any atom is 0.320 e. The number of benzene rings is 1. The van der Waals surface area contributed by atoms with Crippen LogP contribution < -0.4 is 0 Å². The Labute approximate surface area is 143 Å². The van der Waals surface area contributed by atoms with Gasteiger partial charge in [-0.1, -0.05) is 19.1 Å². The van der Waals surface area contributed by atoms with Crippen LogP contribution >= 0.6 is 11.6 Å². The number of non-ortho nitro benzene ring substituents is 1. The fraction of sp³-hybridized carbons (Fsp3) is 0.438. The molecule has 0 bridgehead atoms. The smallest absolute Gasteiger partial charge is 0.320 e. The molecule has 8 heteroatoms. The van der Waals surface area contributed by atoms with Gasteiger partial charge in [-0.25, -0.2) is 0 Å². The maximum atomic E-state index is 12.2. The summed E-state index contributed by atoms with van der Waals surface area (Å²) in [6.07, 6.45) is -0.475. The van der Waals surface area contributed by atoms with Crippen molar-refractivity contribution in [3.8, 4) is 0 Å². The summed E-state index contributed by atoms with van der Waals surface area (Å²) in [6.45, 7) is 2.97. The van der Waals surface area contributed by atoms with Crippen LogP contribution in [0.1, 0.15) is 25.8 Å². The molecular weight excluding hydrogens is 338 g/mol. The van der Waals surface area contributed by atoms with Crippen molar-refractivity contribution in [1.82, 2.24) is 0 Å². The number of hydrogen-bond acceptors (Lipinski definition) is 6. The lowest BCUT2D eigenvalue weighted by Gasteiger charge is -2.11. The lowest BCUT2D eigenvalue weighted by molar-refractivity contribution is -0.384. The van der Waals surface area contributed by atoms with Crippen LogP contribution in [0.4, 0.5) is 5.69 Å². The van der Waals surface area contributed by atoms with Crippen molar-refractivity contribution in [2.45, 2.75) is 25.7 Å². The van der Waals surface area contributed by atoms with E-state index in [0.717, 1.165) is 0 Å². The normalized spacial score (nSPS) is 25.0. The molecule has 0 aliphatic heterocycles. The van der Waals surface area contributed by atoms with Crippen LogP contribution in [0.25, 0.3) is 0 Å². The van der Waals surface area contributed by atoms with Crippen LogP contribution in [-0.4, -0.2) is 28.5 Å². The highest BCUT2D eigenvalue weighted by molar-refractivity contribution is 6.18. The molecule has 1 fully saturated rings. The maximum absolute atomic E-state index is 12.2. The first kappa shape index (κ1) is 18.1. The summed E-state index contributed by atoms with van der Waals surface area (Å²) in [7, 11) is 0. The number of carbonyl (C=O) groups excluding carboxylic acids is 3. The number of Topliss-reactive ketones (excluding diaryl/α,β-unsaturated/α-hetero) is 1. The van der Waals surface area contributed by atoms with Gasteiger partial charge in [0.15, 0.2) is 0 Å². The lowest BCUT2D eigenvalue weighted by Crippen LogP contribution is -2.19. The number of alkyl halides is 1. The Balaban J connectivity index is 2.22. The number of hydrogen-bond donors (Lipinski definition) is 0. The third-order valence-corrected chi connectivity index (χ3v) is 4.75. The van der Waals surface area contributed by atoms with Gasteiger partial charge >= 0.3 is 11.9 Å². The molecule has 1 aliphatic rings. The quantitative estimate of drug-likeness (QED) is 0.256. The van der Waals surface area contributed by atoms with Crippen molar-refractivity contribution in [3.05, 3.63) is 39.9 Å². The molecule has 1 aliphatic carbocycles. The van der Waals surface area contributed by atoms with Crippen molar-refractivity contribution in [2.24, 2.45) is 11.8 Å². The number of ether oxygens (including phenoxy) is 1. The van der Waals surface area contributed by atoms with E-state index < -0.39 is 40.4 Å². The lowest BCUT2D eigenvalue weighted by atomic mass is 9.93. The predicted octanol–water partition coefficient (Wildman–Crippen LogP) is 2.39. The van der Waals surface area contributed by atoms with Gasteiger partial charge in [-0.3, -0.25) is 24.5 Å². The molecule has 0 N–H and O–H groups in total. The Morgan fingerprint density at radius 2 is 2.04 bits per heavy atom. The highest BCUT2D eigenvalue weighted by Gasteiger charge is 2.66. The minimum atomic E-state index is -0.908. The molecule has 0 heterocycles. The molecule has 1 aromatic carbocycles. The highest BCUT2D eigenvalue weighted by atomic mass is 35.5. The van der Waals surface area contributed by atoms with E-state index in [1.807, 2.05) is 0 Å². The molecular formula is C16H16ClNO6. The van der Waals surface area contributed by atoms with Gasteiger partial charge in [-0.2, -0.15) is 0 Å². The third kappa shape index (κ3) is 3.31. The number of nitro benzene ring substituents is 1. The monoisotopic (exact) mass is 353 g/mol. The van der Waals surface area contributed by atoms with Crippen LogP contribution in [0.2, 0.25) is 0 Å². The Hall–Kier alpha value is -2.28. The van der Waals surface area contributed by atoms with Gasteiger partial charge in [0.05, 0.1) is 10.8 Å². The number of esters is 2. The van der Waals surface area contributed by atoms with Gasteiger partial charge in [0.25, 0.3) is 5.69 Å². The fourth-order valence-corrected chi connectivity index (χ4v) is 3.52. The Morgan fingerprint density at radius 3 is 2.58 bits per heavy atom. The van der Waals surface area contributed by atoms with E-state index in [0.29, 0.717) is 5.56 Å². The second-order valence-electron chi connectivity index (χ2n) is 6.00. The van der Waals surface area contributed by atoms with Gasteiger partial charge in [0.2, 0.25) is 0 Å². The molecule has 0 spiro atoms. The molecule has 0 aromatic heterocycles. The summed E-state index contributed by atoms with van der Waals surface area (Å²) in [6, 6.07) is 5.96. The Bertz CT molecular complexity index is 718. The largest absolute Gasteiger partial charge is 0.393 e. The molecule has 1 aromatic rings. The van der Waals surface area contributed by atoms with E-state index >= 15 is 0 Å². The van der Waals surface area contributed by atoms with Crippen LogP contribution in [0.15, 0.2) is 24.3 Å². The highest BCUT2D eigenvalue weighted by Crippen LogP contribution is 2.61. The molecule has 0 amide bonds. The zero-order valence-electron chi connectivity index (χ0n) is 13.2. The van der Waals surface area contributed by atoms with E-state index in [9.17, 15) is 24.5 Å². The summed E-state index contributed by atoms with van der Waals surface area (Å²) in [5.74, 6) is -2.93. The molecule has 128 valence electrons. The molecule has 7 nitrogen and oxygen atoms in total. The topological polar surface area (TPSA) is 104 Å². The second-order valence-corrected chi connectivity index (χ2v) is 6.31. The number of nitro groups is 1.